The van der Waals surface area contributed by atoms with Crippen LogP contribution < -0.4 is 5.32 Å². The molecule has 0 saturated carbocycles. The molecule has 2 N–H and O–H groups in total. The molecule has 1 atom stereocenters. The molecule has 0 unspecified atom stereocenters. The van der Waals surface area contributed by atoms with Gasteiger partial charge in [0.2, 0.25) is 5.91 Å². The summed E-state index contributed by atoms with van der Waals surface area (Å²) < 4.78 is 0. The van der Waals surface area contributed by atoms with E-state index in [4.69, 9.17) is 5.11 Å². The lowest BCUT2D eigenvalue weighted by molar-refractivity contribution is -0.142. The standard InChI is InChI=1S/C20H22N2O4/c1-13(20(25)26)21-18(23)15-9-11-22(12-10-15)19(24)17-8-4-6-14-5-2-3-7-16(14)17/h2-8,13,15H,9-12H2,1H3,(H,21,23)(H,25,26)/t13-/m1/s1. The highest BCUT2D eigenvalue weighted by atomic mass is 16.4. The van der Waals surface area contributed by atoms with Gasteiger partial charge in [0.25, 0.3) is 5.91 Å². The molecule has 26 heavy (non-hydrogen) atoms. The molecule has 0 aromatic heterocycles. The quantitative estimate of drug-likeness (QED) is 0.882. The minimum Gasteiger partial charge on any atom is -0.480 e. The first-order chi connectivity index (χ1) is 12.5. The van der Waals surface area contributed by atoms with E-state index < -0.39 is 12.0 Å². The number of hydrogen-bond donors (Lipinski definition) is 2. The minimum atomic E-state index is -1.05. The summed E-state index contributed by atoms with van der Waals surface area (Å²) in [5.74, 6) is -1.59. The zero-order chi connectivity index (χ0) is 18.7. The molecule has 6 heteroatoms. The van der Waals surface area contributed by atoms with Crippen LogP contribution in [0.3, 0.4) is 0 Å². The van der Waals surface area contributed by atoms with Crippen molar-refractivity contribution in [2.75, 3.05) is 13.1 Å². The Morgan fingerprint density at radius 2 is 1.73 bits per heavy atom. The molecule has 1 fully saturated rings. The molecule has 3 rings (SSSR count). The van der Waals surface area contributed by atoms with Crippen LogP contribution in [0.1, 0.15) is 30.1 Å². The number of likely N-dealkylation sites (tertiary alicyclic amines) is 1. The molecule has 1 aliphatic heterocycles. The number of aliphatic carboxylic acids is 1. The van der Waals surface area contributed by atoms with Crippen molar-refractivity contribution in [3.05, 3.63) is 48.0 Å². The summed E-state index contributed by atoms with van der Waals surface area (Å²) in [6.07, 6.45) is 1.07. The van der Waals surface area contributed by atoms with Crippen molar-refractivity contribution in [1.29, 1.82) is 0 Å². The molecule has 0 bridgehead atoms. The molecule has 1 saturated heterocycles. The highest BCUT2D eigenvalue weighted by Gasteiger charge is 2.29. The molecule has 2 aromatic carbocycles. The largest absolute Gasteiger partial charge is 0.480 e. The first-order valence-electron chi connectivity index (χ1n) is 8.77. The second-order valence-electron chi connectivity index (χ2n) is 6.66. The average molecular weight is 354 g/mol. The maximum atomic E-state index is 12.9. The van der Waals surface area contributed by atoms with Crippen LogP contribution in [0.2, 0.25) is 0 Å². The van der Waals surface area contributed by atoms with Crippen LogP contribution in [0.15, 0.2) is 42.5 Å². The van der Waals surface area contributed by atoms with Gasteiger partial charge in [0.15, 0.2) is 0 Å². The minimum absolute atomic E-state index is 0.0282. The third kappa shape index (κ3) is 3.69. The number of rotatable bonds is 4. The summed E-state index contributed by atoms with van der Waals surface area (Å²) in [6.45, 7) is 2.42. The van der Waals surface area contributed by atoms with Crippen LogP contribution in [-0.4, -0.2) is 46.9 Å². The molecular weight excluding hydrogens is 332 g/mol. The van der Waals surface area contributed by atoms with Crippen molar-refractivity contribution in [2.45, 2.75) is 25.8 Å². The maximum absolute atomic E-state index is 12.9. The molecule has 6 nitrogen and oxygen atoms in total. The van der Waals surface area contributed by atoms with E-state index >= 15 is 0 Å². The van der Waals surface area contributed by atoms with Gasteiger partial charge in [-0.15, -0.1) is 0 Å². The third-order valence-electron chi connectivity index (χ3n) is 4.90. The van der Waals surface area contributed by atoms with Crippen molar-refractivity contribution in [3.8, 4) is 0 Å². The van der Waals surface area contributed by atoms with E-state index in [2.05, 4.69) is 5.32 Å². The predicted molar refractivity (Wildman–Crippen MR) is 97.8 cm³/mol. The Kier molecular flexibility index (Phi) is 5.21. The molecule has 2 aromatic rings. The van der Waals surface area contributed by atoms with Gasteiger partial charge in [-0.25, -0.2) is 0 Å². The fourth-order valence-electron chi connectivity index (χ4n) is 3.32. The van der Waals surface area contributed by atoms with Crippen molar-refractivity contribution in [2.24, 2.45) is 5.92 Å². The molecule has 1 aliphatic rings. The van der Waals surface area contributed by atoms with E-state index in [-0.39, 0.29) is 17.7 Å². The number of nitrogens with one attached hydrogen (secondary N) is 1. The lowest BCUT2D eigenvalue weighted by atomic mass is 9.94. The highest BCUT2D eigenvalue weighted by Crippen LogP contribution is 2.23. The van der Waals surface area contributed by atoms with E-state index in [9.17, 15) is 14.4 Å². The van der Waals surface area contributed by atoms with Crippen molar-refractivity contribution >= 4 is 28.6 Å². The Balaban J connectivity index is 1.65. The zero-order valence-corrected chi connectivity index (χ0v) is 14.6. The van der Waals surface area contributed by atoms with E-state index in [0.29, 0.717) is 31.5 Å². The molecule has 136 valence electrons. The molecule has 1 heterocycles. The van der Waals surface area contributed by atoms with Crippen LogP contribution >= 0.6 is 0 Å². The molecule has 2 amide bonds. The Morgan fingerprint density at radius 3 is 2.42 bits per heavy atom. The van der Waals surface area contributed by atoms with E-state index in [0.717, 1.165) is 10.8 Å². The first kappa shape index (κ1) is 17.9. The average Bonchev–Trinajstić information content (AvgIpc) is 2.67. The summed E-state index contributed by atoms with van der Waals surface area (Å²) in [7, 11) is 0. The fraction of sp³-hybridized carbons (Fsp3) is 0.350. The van der Waals surface area contributed by atoms with Gasteiger partial charge in [-0.05, 0) is 36.6 Å². The van der Waals surface area contributed by atoms with Crippen molar-refractivity contribution < 1.29 is 19.5 Å². The number of carboxylic acid groups (broad SMARTS) is 1. The summed E-state index contributed by atoms with van der Waals surface area (Å²) in [4.78, 5) is 37.7. The zero-order valence-electron chi connectivity index (χ0n) is 14.6. The highest BCUT2D eigenvalue weighted by molar-refractivity contribution is 6.07. The van der Waals surface area contributed by atoms with Gasteiger partial charge in [0.05, 0.1) is 0 Å². The number of carbonyl (C=O) groups excluding carboxylic acids is 2. The van der Waals surface area contributed by atoms with E-state index in [1.54, 1.807) is 4.90 Å². The van der Waals surface area contributed by atoms with Crippen molar-refractivity contribution in [3.63, 3.8) is 0 Å². The predicted octanol–water partition coefficient (Wildman–Crippen LogP) is 2.28. The van der Waals surface area contributed by atoms with Crippen LogP contribution in [0.25, 0.3) is 10.8 Å². The second kappa shape index (κ2) is 7.56. The summed E-state index contributed by atoms with van der Waals surface area (Å²) in [5.41, 5.74) is 0.672. The van der Waals surface area contributed by atoms with Crippen LogP contribution in [-0.2, 0) is 9.59 Å². The normalized spacial score (nSPS) is 16.3. The molecular formula is C20H22N2O4. The van der Waals surface area contributed by atoms with Gasteiger partial charge in [-0.3, -0.25) is 14.4 Å². The van der Waals surface area contributed by atoms with Crippen molar-refractivity contribution in [1.82, 2.24) is 10.2 Å². The number of piperidine rings is 1. The Hall–Kier alpha value is -2.89. The number of hydrogen-bond acceptors (Lipinski definition) is 3. The second-order valence-corrected chi connectivity index (χ2v) is 6.66. The summed E-state index contributed by atoms with van der Waals surface area (Å²) in [5, 5.41) is 13.3. The van der Waals surface area contributed by atoms with Crippen LogP contribution in [0, 0.1) is 5.92 Å². The van der Waals surface area contributed by atoms with Gasteiger partial charge in [0.1, 0.15) is 6.04 Å². The number of carbonyl (C=O) groups is 3. The number of nitrogens with zero attached hydrogens (tertiary/aromatic N) is 1. The Morgan fingerprint density at radius 1 is 1.08 bits per heavy atom. The molecule has 0 radical (unpaired) electrons. The van der Waals surface area contributed by atoms with Crippen LogP contribution in [0.4, 0.5) is 0 Å². The van der Waals surface area contributed by atoms with Gasteiger partial charge >= 0.3 is 5.97 Å². The lowest BCUT2D eigenvalue weighted by Gasteiger charge is -2.32. The third-order valence-corrected chi connectivity index (χ3v) is 4.90. The summed E-state index contributed by atoms with van der Waals surface area (Å²) in [6, 6.07) is 12.6. The number of carboxylic acids is 1. The van der Waals surface area contributed by atoms with Crippen LogP contribution in [0.5, 0.6) is 0 Å². The molecule has 0 aliphatic carbocycles. The Bertz CT molecular complexity index is 835. The fourth-order valence-corrected chi connectivity index (χ4v) is 3.32. The van der Waals surface area contributed by atoms with Gasteiger partial charge in [-0.1, -0.05) is 36.4 Å². The lowest BCUT2D eigenvalue weighted by Crippen LogP contribution is -2.46. The molecule has 0 spiro atoms. The summed E-state index contributed by atoms with van der Waals surface area (Å²) >= 11 is 0. The van der Waals surface area contributed by atoms with Gasteiger partial charge in [-0.2, -0.15) is 0 Å². The van der Waals surface area contributed by atoms with E-state index in [1.807, 2.05) is 42.5 Å². The van der Waals surface area contributed by atoms with E-state index in [1.165, 1.54) is 6.92 Å². The maximum Gasteiger partial charge on any atom is 0.325 e. The number of fused-ring (bicyclic) bond motifs is 1. The smallest absolute Gasteiger partial charge is 0.325 e. The Labute approximate surface area is 151 Å². The topological polar surface area (TPSA) is 86.7 Å². The number of benzene rings is 2. The first-order valence-corrected chi connectivity index (χ1v) is 8.77. The van der Waals surface area contributed by atoms with Gasteiger partial charge < -0.3 is 15.3 Å². The monoisotopic (exact) mass is 354 g/mol. The number of amides is 2. The van der Waals surface area contributed by atoms with Gasteiger partial charge in [0, 0.05) is 24.6 Å². The SMILES string of the molecule is C[C@@H](NC(=O)C1CCN(C(=O)c2cccc3ccccc23)CC1)C(=O)O.